The van der Waals surface area contributed by atoms with E-state index in [9.17, 15) is 4.79 Å². The number of rotatable bonds is 6. The molecular weight excluding hydrogens is 364 g/mol. The molecule has 0 aliphatic heterocycles. The van der Waals surface area contributed by atoms with Gasteiger partial charge in [-0.1, -0.05) is 61.9 Å². The normalized spacial score (nSPS) is 16.3. The van der Waals surface area contributed by atoms with Crippen LogP contribution in [0.3, 0.4) is 0 Å². The summed E-state index contributed by atoms with van der Waals surface area (Å²) in [5.41, 5.74) is 1.11. The van der Waals surface area contributed by atoms with E-state index < -0.39 is 0 Å². The minimum absolute atomic E-state index is 0.0571. The standard InChI is InChI=1S/C25H28O2S/c1-2-25(14-8-3-9-15-25)27-24(26)18-28-17-23-21-12-6-4-10-19(21)16-20-11-5-7-13-22(20)23/h4-7,10-13,16H,2-3,8-9,14-15,17-18H2,1H3. The molecule has 0 unspecified atom stereocenters. The van der Waals surface area contributed by atoms with Crippen LogP contribution in [-0.4, -0.2) is 17.3 Å². The number of benzene rings is 3. The molecule has 28 heavy (non-hydrogen) atoms. The fourth-order valence-electron chi connectivity index (χ4n) is 4.49. The van der Waals surface area contributed by atoms with Gasteiger partial charge in [-0.2, -0.15) is 0 Å². The van der Waals surface area contributed by atoms with Crippen LogP contribution < -0.4 is 0 Å². The van der Waals surface area contributed by atoms with Crippen molar-refractivity contribution < 1.29 is 9.53 Å². The second kappa shape index (κ2) is 8.57. The molecule has 0 aromatic heterocycles. The van der Waals surface area contributed by atoms with Crippen LogP contribution in [-0.2, 0) is 15.3 Å². The van der Waals surface area contributed by atoms with Gasteiger partial charge in [0.25, 0.3) is 0 Å². The van der Waals surface area contributed by atoms with E-state index >= 15 is 0 Å². The number of thioether (sulfide) groups is 1. The van der Waals surface area contributed by atoms with E-state index in [1.165, 1.54) is 46.4 Å². The zero-order valence-corrected chi connectivity index (χ0v) is 17.4. The van der Waals surface area contributed by atoms with Gasteiger partial charge in [0, 0.05) is 5.75 Å². The summed E-state index contributed by atoms with van der Waals surface area (Å²) < 4.78 is 5.98. The molecular formula is C25H28O2S. The molecule has 3 aromatic rings. The van der Waals surface area contributed by atoms with Crippen molar-refractivity contribution in [3.63, 3.8) is 0 Å². The quantitative estimate of drug-likeness (QED) is 0.338. The van der Waals surface area contributed by atoms with Gasteiger partial charge in [0.15, 0.2) is 0 Å². The molecule has 1 fully saturated rings. The van der Waals surface area contributed by atoms with Crippen LogP contribution in [0.15, 0.2) is 54.6 Å². The Morgan fingerprint density at radius 1 is 0.964 bits per heavy atom. The van der Waals surface area contributed by atoms with Crippen molar-refractivity contribution in [3.8, 4) is 0 Å². The molecule has 0 heterocycles. The van der Waals surface area contributed by atoms with Crippen molar-refractivity contribution in [2.75, 3.05) is 5.75 Å². The third-order valence-electron chi connectivity index (χ3n) is 6.09. The summed E-state index contributed by atoms with van der Waals surface area (Å²) >= 11 is 1.67. The molecule has 0 spiro atoms. The molecule has 3 aromatic carbocycles. The predicted molar refractivity (Wildman–Crippen MR) is 120 cm³/mol. The van der Waals surface area contributed by atoms with Crippen LogP contribution >= 0.6 is 11.8 Å². The van der Waals surface area contributed by atoms with Crippen molar-refractivity contribution in [1.82, 2.24) is 0 Å². The van der Waals surface area contributed by atoms with Crippen molar-refractivity contribution in [2.45, 2.75) is 56.8 Å². The zero-order valence-electron chi connectivity index (χ0n) is 16.6. The summed E-state index contributed by atoms with van der Waals surface area (Å²) in [5, 5.41) is 5.07. The maximum atomic E-state index is 12.5. The number of ether oxygens (including phenoxy) is 1. The highest BCUT2D eigenvalue weighted by molar-refractivity contribution is 7.99. The largest absolute Gasteiger partial charge is 0.458 e. The molecule has 1 aliphatic carbocycles. The Balaban J connectivity index is 1.48. The number of esters is 1. The van der Waals surface area contributed by atoms with Crippen molar-refractivity contribution in [1.29, 1.82) is 0 Å². The van der Waals surface area contributed by atoms with Gasteiger partial charge < -0.3 is 4.74 Å². The van der Waals surface area contributed by atoms with Crippen molar-refractivity contribution in [3.05, 3.63) is 60.2 Å². The molecule has 3 heteroatoms. The first-order chi connectivity index (χ1) is 13.7. The number of carbonyl (C=O) groups is 1. The lowest BCUT2D eigenvalue weighted by Crippen LogP contribution is -2.37. The average molecular weight is 393 g/mol. The maximum Gasteiger partial charge on any atom is 0.316 e. The highest BCUT2D eigenvalue weighted by atomic mass is 32.2. The van der Waals surface area contributed by atoms with Crippen LogP contribution in [0.1, 0.15) is 51.0 Å². The third-order valence-corrected chi connectivity index (χ3v) is 7.02. The fourth-order valence-corrected chi connectivity index (χ4v) is 5.34. The summed E-state index contributed by atoms with van der Waals surface area (Å²) in [6, 6.07) is 19.3. The van der Waals surface area contributed by atoms with Crippen LogP contribution in [0.4, 0.5) is 0 Å². The molecule has 0 saturated heterocycles. The van der Waals surface area contributed by atoms with Crippen LogP contribution in [0.5, 0.6) is 0 Å². The fraction of sp³-hybridized carbons (Fsp3) is 0.400. The smallest absolute Gasteiger partial charge is 0.316 e. The van der Waals surface area contributed by atoms with Crippen molar-refractivity contribution in [2.24, 2.45) is 0 Å². The lowest BCUT2D eigenvalue weighted by atomic mass is 9.83. The summed E-state index contributed by atoms with van der Waals surface area (Å²) in [7, 11) is 0. The van der Waals surface area contributed by atoms with Gasteiger partial charge in [0.1, 0.15) is 5.60 Å². The molecule has 0 amide bonds. The van der Waals surface area contributed by atoms with E-state index in [2.05, 4.69) is 61.5 Å². The first-order valence-corrected chi connectivity index (χ1v) is 11.6. The third kappa shape index (κ3) is 4.05. The molecule has 0 N–H and O–H groups in total. The lowest BCUT2D eigenvalue weighted by Gasteiger charge is -2.36. The van der Waals surface area contributed by atoms with E-state index in [0.717, 1.165) is 25.0 Å². The Morgan fingerprint density at radius 3 is 2.18 bits per heavy atom. The van der Waals surface area contributed by atoms with Gasteiger partial charge >= 0.3 is 5.97 Å². The second-order valence-electron chi connectivity index (χ2n) is 7.86. The molecule has 146 valence electrons. The van der Waals surface area contributed by atoms with Crippen LogP contribution in [0, 0.1) is 0 Å². The van der Waals surface area contributed by atoms with Gasteiger partial charge in [-0.05, 0) is 65.3 Å². The monoisotopic (exact) mass is 392 g/mol. The van der Waals surface area contributed by atoms with Gasteiger partial charge in [0.05, 0.1) is 5.75 Å². The molecule has 1 saturated carbocycles. The summed E-state index contributed by atoms with van der Waals surface area (Å²) in [6.45, 7) is 2.15. The Labute approximate surface area is 171 Å². The van der Waals surface area contributed by atoms with Gasteiger partial charge in [-0.15, -0.1) is 11.8 Å². The first kappa shape index (κ1) is 19.3. The Bertz CT molecular complexity index is 919. The van der Waals surface area contributed by atoms with E-state index in [-0.39, 0.29) is 11.6 Å². The summed E-state index contributed by atoms with van der Waals surface area (Å²) in [6.07, 6.45) is 6.59. The van der Waals surface area contributed by atoms with Crippen LogP contribution in [0.25, 0.3) is 21.5 Å². The number of hydrogen-bond donors (Lipinski definition) is 0. The average Bonchev–Trinajstić information content (AvgIpc) is 2.74. The Hall–Kier alpha value is -2.00. The summed E-state index contributed by atoms with van der Waals surface area (Å²) in [5.74, 6) is 1.17. The van der Waals surface area contributed by atoms with Gasteiger partial charge in [0.2, 0.25) is 0 Å². The van der Waals surface area contributed by atoms with Crippen molar-refractivity contribution >= 4 is 39.3 Å². The number of carbonyl (C=O) groups excluding carboxylic acids is 1. The van der Waals surface area contributed by atoms with Crippen LogP contribution in [0.2, 0.25) is 0 Å². The Kier molecular flexibility index (Phi) is 5.91. The predicted octanol–water partition coefficient (Wildman–Crippen LogP) is 6.88. The van der Waals surface area contributed by atoms with E-state index in [0.29, 0.717) is 5.75 Å². The molecule has 0 radical (unpaired) electrons. The molecule has 4 rings (SSSR count). The lowest BCUT2D eigenvalue weighted by molar-refractivity contribution is -0.160. The SMILES string of the molecule is CCC1(OC(=O)CSCc2c3ccccc3cc3ccccc23)CCCCC1. The highest BCUT2D eigenvalue weighted by Gasteiger charge is 2.33. The minimum Gasteiger partial charge on any atom is -0.458 e. The van der Waals surface area contributed by atoms with Gasteiger partial charge in [-0.3, -0.25) is 4.79 Å². The Morgan fingerprint density at radius 2 is 1.57 bits per heavy atom. The second-order valence-corrected chi connectivity index (χ2v) is 8.85. The highest BCUT2D eigenvalue weighted by Crippen LogP contribution is 2.35. The molecule has 0 bridgehead atoms. The number of fused-ring (bicyclic) bond motifs is 2. The molecule has 1 aliphatic rings. The zero-order chi connectivity index (χ0) is 19.4. The number of hydrogen-bond acceptors (Lipinski definition) is 3. The van der Waals surface area contributed by atoms with Gasteiger partial charge in [-0.25, -0.2) is 0 Å². The van der Waals surface area contributed by atoms with E-state index in [4.69, 9.17) is 4.74 Å². The molecule has 2 nitrogen and oxygen atoms in total. The first-order valence-electron chi connectivity index (χ1n) is 10.4. The van der Waals surface area contributed by atoms with E-state index in [1.54, 1.807) is 11.8 Å². The maximum absolute atomic E-state index is 12.5. The topological polar surface area (TPSA) is 26.3 Å². The van der Waals surface area contributed by atoms with E-state index in [1.807, 2.05) is 0 Å². The molecule has 0 atom stereocenters. The summed E-state index contributed by atoms with van der Waals surface area (Å²) in [4.78, 5) is 12.5. The minimum atomic E-state index is -0.206.